The van der Waals surface area contributed by atoms with E-state index in [1.807, 2.05) is 45.1 Å². The maximum absolute atomic E-state index is 13.5. The van der Waals surface area contributed by atoms with Crippen LogP contribution in [0.1, 0.15) is 80.6 Å². The van der Waals surface area contributed by atoms with Crippen LogP contribution in [0.25, 0.3) is 0 Å². The number of allylic oxidation sites excluding steroid dienone is 4. The number of hydrogen-bond acceptors (Lipinski definition) is 6. The Morgan fingerprint density at radius 2 is 1.71 bits per heavy atom. The molecule has 3 aliphatic heterocycles. The maximum Gasteiger partial charge on any atom is 0.312 e. The van der Waals surface area contributed by atoms with Gasteiger partial charge in [-0.05, 0) is 97.2 Å². The van der Waals surface area contributed by atoms with Gasteiger partial charge in [-0.1, -0.05) is 70.7 Å². The van der Waals surface area contributed by atoms with Crippen LogP contribution in [0.15, 0.2) is 46.6 Å². The Morgan fingerprint density at radius 1 is 1.07 bits per heavy atom. The van der Waals surface area contributed by atoms with Gasteiger partial charge >= 0.3 is 5.97 Å². The summed E-state index contributed by atoms with van der Waals surface area (Å²) in [5.41, 5.74) is 0. The molecular weight excluding hydrogens is 647 g/mol. The highest BCUT2D eigenvalue weighted by atomic mass is 127. The van der Waals surface area contributed by atoms with Crippen LogP contribution in [0.3, 0.4) is 0 Å². The molecule has 8 heteroatoms. The highest BCUT2D eigenvalue weighted by Gasteiger charge is 2.45. The van der Waals surface area contributed by atoms with E-state index in [-0.39, 0.29) is 42.4 Å². The highest BCUT2D eigenvalue weighted by molar-refractivity contribution is 14.1. The molecule has 3 heterocycles. The van der Waals surface area contributed by atoms with E-state index in [1.165, 1.54) is 0 Å². The predicted octanol–water partition coefficient (Wildman–Crippen LogP) is 8.43. The van der Waals surface area contributed by atoms with Crippen molar-refractivity contribution in [2.75, 3.05) is 0 Å². The number of cyclic esters (lactones) is 1. The Morgan fingerprint density at radius 3 is 2.34 bits per heavy atom. The van der Waals surface area contributed by atoms with E-state index in [0.717, 1.165) is 53.8 Å². The fraction of sp³-hybridized carbons (Fsp3) is 0.727. The van der Waals surface area contributed by atoms with E-state index in [4.69, 9.17) is 23.4 Å². The van der Waals surface area contributed by atoms with Crippen molar-refractivity contribution < 1.29 is 28.2 Å². The molecule has 0 aromatic rings. The Kier molecular flexibility index (Phi) is 13.4. The summed E-state index contributed by atoms with van der Waals surface area (Å²) in [5, 5.41) is 0. The number of rotatable bonds is 8. The lowest BCUT2D eigenvalue weighted by atomic mass is 9.92. The lowest BCUT2D eigenvalue weighted by molar-refractivity contribution is -0.168. The minimum absolute atomic E-state index is 0.0534. The molecule has 232 valence electrons. The van der Waals surface area contributed by atoms with Gasteiger partial charge in [0.2, 0.25) is 0 Å². The van der Waals surface area contributed by atoms with Crippen molar-refractivity contribution in [3.63, 3.8) is 0 Å². The first kappa shape index (κ1) is 34.7. The molecule has 0 aromatic heterocycles. The van der Waals surface area contributed by atoms with Crippen LogP contribution in [0.4, 0.5) is 0 Å². The Hall–Kier alpha value is -0.783. The molecule has 3 rings (SSSR count). The smallest absolute Gasteiger partial charge is 0.312 e. The molecular formula is C33H53IO6Si. The lowest BCUT2D eigenvalue weighted by Gasteiger charge is -2.41. The second-order valence-corrected chi connectivity index (χ2v) is 18.7. The third-order valence-corrected chi connectivity index (χ3v) is 13.9. The van der Waals surface area contributed by atoms with Crippen LogP contribution in [0.2, 0.25) is 18.1 Å². The second-order valence-electron chi connectivity index (χ2n) is 12.4. The van der Waals surface area contributed by atoms with Gasteiger partial charge in [-0.3, -0.25) is 4.79 Å². The first-order valence-corrected chi connectivity index (χ1v) is 19.3. The molecule has 41 heavy (non-hydrogen) atoms. The average Bonchev–Trinajstić information content (AvgIpc) is 3.51. The lowest BCUT2D eigenvalue weighted by Crippen LogP contribution is -2.52. The summed E-state index contributed by atoms with van der Waals surface area (Å²) in [4.78, 5) is 13.5. The summed E-state index contributed by atoms with van der Waals surface area (Å²) in [6, 6.07) is 3.09. The minimum atomic E-state index is -2.03. The summed E-state index contributed by atoms with van der Waals surface area (Å²) >= 11 is 2.28. The van der Waals surface area contributed by atoms with E-state index in [9.17, 15) is 4.79 Å². The van der Waals surface area contributed by atoms with Gasteiger partial charge in [0.1, 0.15) is 24.4 Å². The Labute approximate surface area is 263 Å². The normalized spacial score (nSPS) is 35.9. The van der Waals surface area contributed by atoms with Gasteiger partial charge in [0.25, 0.3) is 0 Å². The van der Waals surface area contributed by atoms with Crippen molar-refractivity contribution in [2.45, 2.75) is 141 Å². The van der Waals surface area contributed by atoms with E-state index < -0.39 is 26.1 Å². The molecule has 2 fully saturated rings. The van der Waals surface area contributed by atoms with Crippen LogP contribution in [-0.4, -0.2) is 56.7 Å². The van der Waals surface area contributed by atoms with Crippen molar-refractivity contribution in [1.29, 1.82) is 0 Å². The summed E-state index contributed by atoms with van der Waals surface area (Å²) in [6.45, 7) is 18.8. The number of fused-ring (bicyclic) bond motifs is 3. The summed E-state index contributed by atoms with van der Waals surface area (Å²) in [6.07, 6.45) is 15.5. The van der Waals surface area contributed by atoms with Gasteiger partial charge in [-0.2, -0.15) is 0 Å². The molecule has 8 atom stereocenters. The van der Waals surface area contributed by atoms with Crippen LogP contribution < -0.4 is 0 Å². The molecule has 0 N–H and O–H groups in total. The number of halogens is 1. The molecule has 0 aliphatic carbocycles. The quantitative estimate of drug-likeness (QED) is 0.110. The first-order valence-electron chi connectivity index (χ1n) is 15.7. The largest absolute Gasteiger partial charge is 0.459 e. The minimum Gasteiger partial charge on any atom is -0.459 e. The Bertz CT molecular complexity index is 949. The zero-order valence-corrected chi connectivity index (χ0v) is 29.4. The van der Waals surface area contributed by atoms with Crippen LogP contribution in [0.5, 0.6) is 0 Å². The molecule has 2 saturated heterocycles. The number of hydrogen-bond donors (Lipinski definition) is 0. The molecule has 3 aliphatic rings. The summed E-state index contributed by atoms with van der Waals surface area (Å²) < 4.78 is 33.6. The van der Waals surface area contributed by atoms with Gasteiger partial charge in [0.15, 0.2) is 14.1 Å². The molecule has 6 nitrogen and oxygen atoms in total. The molecule has 0 spiro atoms. The van der Waals surface area contributed by atoms with Gasteiger partial charge in [0, 0.05) is 5.92 Å². The number of esters is 1. The first-order chi connectivity index (χ1) is 19.4. The molecule has 0 unspecified atom stereocenters. The third kappa shape index (κ3) is 9.86. The van der Waals surface area contributed by atoms with Crippen molar-refractivity contribution in [1.82, 2.24) is 0 Å². The molecule has 0 amide bonds. The molecule has 0 saturated carbocycles. The third-order valence-electron chi connectivity index (χ3n) is 8.83. The van der Waals surface area contributed by atoms with Crippen LogP contribution >= 0.6 is 22.6 Å². The van der Waals surface area contributed by atoms with E-state index >= 15 is 0 Å². The molecule has 0 radical (unpaired) electrons. The standard InChI is InChI=1S/C33H53IO6Si/c1-9-41(10-2,11-3)40-31-29-21-20-26(36-29)17-13-15-19-28-27(38-33(7,8)39-28)18-14-12-16-23(4)32(35)37-30(31)24(5)22-25(6)34/h12,14-16,18-19,23-24,26-31H,6,9-11,13,17,20-22H2,1-5,7-8H3/b16-12+,18-14+,19-15+/t23-,24+,26-,27+,28+,29-,30+,31+/m0/s1. The van der Waals surface area contributed by atoms with Crippen molar-refractivity contribution in [3.05, 3.63) is 46.6 Å². The van der Waals surface area contributed by atoms with Crippen molar-refractivity contribution in [3.8, 4) is 0 Å². The van der Waals surface area contributed by atoms with Crippen LogP contribution in [0, 0.1) is 11.8 Å². The molecule has 0 aromatic carbocycles. The highest BCUT2D eigenvalue weighted by Crippen LogP contribution is 2.37. The summed E-state index contributed by atoms with van der Waals surface area (Å²) in [5.74, 6) is -1.25. The fourth-order valence-electron chi connectivity index (χ4n) is 6.16. The SMILES string of the molecule is C=C(I)C[C@@H](C)[C@H]1OC(=O)[C@@H](C)/C=C/C=C/[C@H]2OC(C)(C)O[C@@H]2/C=C/CC[C@H]2CC[C@H](O2)[C@H]1O[Si](CC)(CC)CC. The van der Waals surface area contributed by atoms with Gasteiger partial charge in [0.05, 0.1) is 18.1 Å². The predicted molar refractivity (Wildman–Crippen MR) is 176 cm³/mol. The maximum atomic E-state index is 13.5. The molecule has 2 bridgehead atoms. The van der Waals surface area contributed by atoms with E-state index in [1.54, 1.807) is 0 Å². The zero-order chi connectivity index (χ0) is 30.2. The van der Waals surface area contributed by atoms with Crippen LogP contribution in [-0.2, 0) is 28.2 Å². The number of carbonyl (C=O) groups is 1. The van der Waals surface area contributed by atoms with Gasteiger partial charge in [-0.15, -0.1) is 0 Å². The monoisotopic (exact) mass is 700 g/mol. The second kappa shape index (κ2) is 15.8. The average molecular weight is 701 g/mol. The van der Waals surface area contributed by atoms with E-state index in [2.05, 4.69) is 69.0 Å². The topological polar surface area (TPSA) is 63.2 Å². The van der Waals surface area contributed by atoms with Crippen molar-refractivity contribution in [2.24, 2.45) is 11.8 Å². The number of carbonyl (C=O) groups excluding carboxylic acids is 1. The van der Waals surface area contributed by atoms with Gasteiger partial charge < -0.3 is 23.4 Å². The summed E-state index contributed by atoms with van der Waals surface area (Å²) in [7, 11) is -2.03. The zero-order valence-electron chi connectivity index (χ0n) is 26.3. The van der Waals surface area contributed by atoms with Crippen molar-refractivity contribution >= 4 is 36.9 Å². The fourth-order valence-corrected chi connectivity index (χ4v) is 9.71. The number of ether oxygens (including phenoxy) is 4. The Balaban J connectivity index is 1.96. The van der Waals surface area contributed by atoms with Gasteiger partial charge in [-0.25, -0.2) is 0 Å². The van der Waals surface area contributed by atoms with E-state index in [0.29, 0.717) is 0 Å².